The van der Waals surface area contributed by atoms with Gasteiger partial charge < -0.3 is 5.73 Å². The second-order valence-corrected chi connectivity index (χ2v) is 6.99. The molecule has 0 aromatic heterocycles. The molecule has 3 nitrogen and oxygen atoms in total. The summed E-state index contributed by atoms with van der Waals surface area (Å²) >= 11 is 1.82. The number of nitrogens with one attached hydrogen (secondary N) is 1. The fourth-order valence-electron chi connectivity index (χ4n) is 2.69. The highest BCUT2D eigenvalue weighted by Crippen LogP contribution is 2.43. The number of carbonyl (C=O) groups excluding carboxylic acids is 1. The second-order valence-electron chi connectivity index (χ2n) is 6.01. The summed E-state index contributed by atoms with van der Waals surface area (Å²) in [6, 6.07) is 10.9. The lowest BCUT2D eigenvalue weighted by molar-refractivity contribution is -0.124. The minimum atomic E-state index is -0.472. The van der Waals surface area contributed by atoms with Gasteiger partial charge in [0.1, 0.15) is 5.54 Å². The van der Waals surface area contributed by atoms with Crippen LogP contribution in [0.5, 0.6) is 0 Å². The van der Waals surface area contributed by atoms with Crippen LogP contribution in [0.15, 0.2) is 30.3 Å². The van der Waals surface area contributed by atoms with Crippen molar-refractivity contribution in [3.05, 3.63) is 35.9 Å². The molecule has 1 unspecified atom stereocenters. The maximum Gasteiger partial charge on any atom is 0.238 e. The first-order valence-electron chi connectivity index (χ1n) is 7.40. The minimum Gasteiger partial charge on any atom is -0.368 e. The Kier molecular flexibility index (Phi) is 4.03. The maximum absolute atomic E-state index is 12.1. The molecule has 4 heteroatoms. The van der Waals surface area contributed by atoms with Gasteiger partial charge in [0.2, 0.25) is 5.91 Å². The largest absolute Gasteiger partial charge is 0.368 e. The molecule has 1 aromatic rings. The lowest BCUT2D eigenvalue weighted by Gasteiger charge is -2.32. The topological polar surface area (TPSA) is 55.1 Å². The lowest BCUT2D eigenvalue weighted by atomic mass is 9.94. The van der Waals surface area contributed by atoms with E-state index < -0.39 is 5.54 Å². The van der Waals surface area contributed by atoms with Gasteiger partial charge >= 0.3 is 0 Å². The number of thioether (sulfide) groups is 1. The molecule has 3 N–H and O–H groups in total. The molecule has 108 valence electrons. The fourth-order valence-corrected chi connectivity index (χ4v) is 4.01. The second kappa shape index (κ2) is 5.78. The van der Waals surface area contributed by atoms with Crippen molar-refractivity contribution in [3.63, 3.8) is 0 Å². The van der Waals surface area contributed by atoms with Gasteiger partial charge in [-0.15, -0.1) is 0 Å². The summed E-state index contributed by atoms with van der Waals surface area (Å²) in [7, 11) is 0. The van der Waals surface area contributed by atoms with Crippen molar-refractivity contribution in [2.24, 2.45) is 11.7 Å². The van der Waals surface area contributed by atoms with E-state index in [1.54, 1.807) is 0 Å². The number of primary amides is 1. The van der Waals surface area contributed by atoms with E-state index in [1.165, 1.54) is 18.4 Å². The molecule has 3 rings (SSSR count). The van der Waals surface area contributed by atoms with Crippen molar-refractivity contribution < 1.29 is 4.79 Å². The third-order valence-electron chi connectivity index (χ3n) is 4.19. The average Bonchev–Trinajstić information content (AvgIpc) is 3.31. The van der Waals surface area contributed by atoms with Gasteiger partial charge in [0.25, 0.3) is 0 Å². The van der Waals surface area contributed by atoms with Crippen LogP contribution in [0.25, 0.3) is 0 Å². The normalized spacial score (nSPS) is 21.4. The summed E-state index contributed by atoms with van der Waals surface area (Å²) < 4.78 is 0. The van der Waals surface area contributed by atoms with E-state index in [1.807, 2.05) is 17.8 Å². The molecule has 0 heterocycles. The zero-order valence-electron chi connectivity index (χ0n) is 11.7. The molecule has 1 aromatic carbocycles. The van der Waals surface area contributed by atoms with Crippen LogP contribution in [0.2, 0.25) is 0 Å². The quantitative estimate of drug-likeness (QED) is 0.772. The van der Waals surface area contributed by atoms with Gasteiger partial charge in [-0.2, -0.15) is 11.8 Å². The van der Waals surface area contributed by atoms with Crippen molar-refractivity contribution in [2.75, 3.05) is 5.75 Å². The standard InChI is InChI=1S/C16H22N2OS/c17-15(19)16(13-6-7-13,18-14-8-9-14)11-20-10-12-4-2-1-3-5-12/h1-5,13-14,18H,6-11H2,(H2,17,19). The molecule has 20 heavy (non-hydrogen) atoms. The highest BCUT2D eigenvalue weighted by Gasteiger charge is 2.51. The van der Waals surface area contributed by atoms with E-state index in [-0.39, 0.29) is 5.91 Å². The number of hydrogen-bond acceptors (Lipinski definition) is 3. The average molecular weight is 290 g/mol. The first-order chi connectivity index (χ1) is 9.71. The molecular formula is C16H22N2OS. The summed E-state index contributed by atoms with van der Waals surface area (Å²) in [5.41, 5.74) is 6.59. The molecule has 2 aliphatic carbocycles. The van der Waals surface area contributed by atoms with Crippen LogP contribution in [0.4, 0.5) is 0 Å². The summed E-state index contributed by atoms with van der Waals surface area (Å²) in [4.78, 5) is 12.1. The molecule has 0 aliphatic heterocycles. The van der Waals surface area contributed by atoms with Gasteiger partial charge in [0.15, 0.2) is 0 Å². The predicted octanol–water partition coefficient (Wildman–Crippen LogP) is 2.31. The first kappa shape index (κ1) is 14.0. The molecule has 2 saturated carbocycles. The highest BCUT2D eigenvalue weighted by molar-refractivity contribution is 7.98. The Hall–Kier alpha value is -1.00. The summed E-state index contributed by atoms with van der Waals surface area (Å²) in [6.45, 7) is 0. The Morgan fingerprint density at radius 3 is 2.50 bits per heavy atom. The predicted molar refractivity (Wildman–Crippen MR) is 83.4 cm³/mol. The smallest absolute Gasteiger partial charge is 0.238 e. The third kappa shape index (κ3) is 3.18. The van der Waals surface area contributed by atoms with Gasteiger partial charge in [0.05, 0.1) is 0 Å². The Morgan fingerprint density at radius 2 is 1.95 bits per heavy atom. The number of hydrogen-bond donors (Lipinski definition) is 2. The molecule has 0 bridgehead atoms. The van der Waals surface area contributed by atoms with E-state index in [9.17, 15) is 4.79 Å². The van der Waals surface area contributed by atoms with Crippen LogP contribution in [0, 0.1) is 5.92 Å². The van der Waals surface area contributed by atoms with Crippen molar-refractivity contribution in [2.45, 2.75) is 43.0 Å². The monoisotopic (exact) mass is 290 g/mol. The van der Waals surface area contributed by atoms with Gasteiger partial charge in [-0.1, -0.05) is 30.3 Å². The van der Waals surface area contributed by atoms with Gasteiger partial charge in [0, 0.05) is 17.5 Å². The van der Waals surface area contributed by atoms with Crippen molar-refractivity contribution in [3.8, 4) is 0 Å². The summed E-state index contributed by atoms with van der Waals surface area (Å²) in [5.74, 6) is 2.02. The lowest BCUT2D eigenvalue weighted by Crippen LogP contribution is -2.60. The van der Waals surface area contributed by atoms with Crippen LogP contribution in [0.3, 0.4) is 0 Å². The Labute approximate surface area is 124 Å². The molecule has 2 fully saturated rings. The number of benzene rings is 1. The van der Waals surface area contributed by atoms with Crippen LogP contribution in [0.1, 0.15) is 31.2 Å². The summed E-state index contributed by atoms with van der Waals surface area (Å²) in [5, 5.41) is 3.56. The van der Waals surface area contributed by atoms with Gasteiger partial charge in [-0.3, -0.25) is 10.1 Å². The first-order valence-corrected chi connectivity index (χ1v) is 8.55. The Morgan fingerprint density at radius 1 is 1.25 bits per heavy atom. The molecule has 1 amide bonds. The number of carbonyl (C=O) groups is 1. The zero-order valence-corrected chi connectivity index (χ0v) is 12.5. The van der Waals surface area contributed by atoms with Gasteiger partial charge in [-0.25, -0.2) is 0 Å². The van der Waals surface area contributed by atoms with E-state index in [0.717, 1.165) is 24.3 Å². The van der Waals surface area contributed by atoms with E-state index in [2.05, 4.69) is 29.6 Å². The maximum atomic E-state index is 12.1. The third-order valence-corrected chi connectivity index (χ3v) is 5.39. The van der Waals surface area contributed by atoms with Crippen LogP contribution in [-0.4, -0.2) is 23.2 Å². The van der Waals surface area contributed by atoms with E-state index in [4.69, 9.17) is 5.73 Å². The molecule has 0 saturated heterocycles. The zero-order chi connectivity index (χ0) is 14.0. The van der Waals surface area contributed by atoms with E-state index in [0.29, 0.717) is 12.0 Å². The molecule has 1 atom stereocenters. The Bertz CT molecular complexity index is 471. The SMILES string of the molecule is NC(=O)C(CSCc1ccccc1)(NC1CC1)C1CC1. The molecule has 2 aliphatic rings. The van der Waals surface area contributed by atoms with Crippen molar-refractivity contribution in [1.29, 1.82) is 0 Å². The number of rotatable bonds is 8. The molecule has 0 spiro atoms. The number of nitrogens with two attached hydrogens (primary N) is 1. The molecule has 0 radical (unpaired) electrons. The van der Waals surface area contributed by atoms with Crippen molar-refractivity contribution in [1.82, 2.24) is 5.32 Å². The fraction of sp³-hybridized carbons (Fsp3) is 0.562. The summed E-state index contributed by atoms with van der Waals surface area (Å²) in [6.07, 6.45) is 4.64. The van der Waals surface area contributed by atoms with E-state index >= 15 is 0 Å². The van der Waals surface area contributed by atoms with Crippen LogP contribution >= 0.6 is 11.8 Å². The van der Waals surface area contributed by atoms with Crippen LogP contribution < -0.4 is 11.1 Å². The highest BCUT2D eigenvalue weighted by atomic mass is 32.2. The van der Waals surface area contributed by atoms with Crippen molar-refractivity contribution >= 4 is 17.7 Å². The molecular weight excluding hydrogens is 268 g/mol. The minimum absolute atomic E-state index is 0.160. The Balaban J connectivity index is 1.62. The van der Waals surface area contributed by atoms with Gasteiger partial charge in [-0.05, 0) is 37.2 Å². The van der Waals surface area contributed by atoms with Crippen LogP contribution in [-0.2, 0) is 10.5 Å². The number of amides is 1.